The van der Waals surface area contributed by atoms with Crippen LogP contribution >= 0.6 is 0 Å². The lowest BCUT2D eigenvalue weighted by atomic mass is 9.93. The molecule has 4 nitrogen and oxygen atoms in total. The molecule has 0 bridgehead atoms. The van der Waals surface area contributed by atoms with E-state index < -0.39 is 0 Å². The molecule has 11 aromatic rings. The van der Waals surface area contributed by atoms with Crippen LogP contribution < -0.4 is 9.80 Å². The summed E-state index contributed by atoms with van der Waals surface area (Å²) in [5.41, 5.74) is 30.8. The lowest BCUT2D eigenvalue weighted by molar-refractivity contribution is 0.787. The summed E-state index contributed by atoms with van der Waals surface area (Å²) in [6, 6.07) is 80.2. The van der Waals surface area contributed by atoms with Crippen molar-refractivity contribution in [1.82, 2.24) is 9.97 Å². The van der Waals surface area contributed by atoms with Gasteiger partial charge in [-0.05, 0) is 179 Å². The maximum absolute atomic E-state index is 5.38. The first-order valence-electron chi connectivity index (χ1n) is 27.9. The highest BCUT2D eigenvalue weighted by Crippen LogP contribution is 2.41. The van der Waals surface area contributed by atoms with Crippen molar-refractivity contribution in [2.75, 3.05) is 9.80 Å². The summed E-state index contributed by atoms with van der Waals surface area (Å²) >= 11 is 0. The van der Waals surface area contributed by atoms with E-state index in [1.165, 1.54) is 89.0 Å². The zero-order chi connectivity index (χ0) is 55.0. The molecule has 12 rings (SSSR count). The van der Waals surface area contributed by atoms with E-state index in [-0.39, 0.29) is 6.04 Å². The normalized spacial score (nSPS) is 13.1. The number of hydrogen-bond acceptors (Lipinski definition) is 4. The second-order valence-corrected chi connectivity index (χ2v) is 22.2. The van der Waals surface area contributed by atoms with Crippen LogP contribution in [0.2, 0.25) is 0 Å². The number of rotatable bonds is 12. The first-order chi connectivity index (χ1) is 38.8. The van der Waals surface area contributed by atoms with E-state index in [0.717, 1.165) is 68.4 Å². The first-order valence-corrected chi connectivity index (χ1v) is 27.9. The topological polar surface area (TPSA) is 32.3 Å². The van der Waals surface area contributed by atoms with Crippen LogP contribution in [0, 0.1) is 55.4 Å². The van der Waals surface area contributed by atoms with Gasteiger partial charge in [-0.2, -0.15) is 0 Å². The van der Waals surface area contributed by atoms with E-state index in [1.54, 1.807) is 0 Å². The summed E-state index contributed by atoms with van der Waals surface area (Å²) in [6.07, 6.45) is 7.95. The number of hydrogen-bond donors (Lipinski definition) is 0. The van der Waals surface area contributed by atoms with Gasteiger partial charge >= 0.3 is 0 Å². The van der Waals surface area contributed by atoms with E-state index in [9.17, 15) is 0 Å². The molecule has 1 heterocycles. The first kappa shape index (κ1) is 51.4. The van der Waals surface area contributed by atoms with Crippen molar-refractivity contribution >= 4 is 45.0 Å². The molecule has 0 N–H and O–H groups in total. The molecular weight excluding hydrogens is 969 g/mol. The second-order valence-electron chi connectivity index (χ2n) is 22.2. The monoisotopic (exact) mass is 1030 g/mol. The Labute approximate surface area is 472 Å². The minimum absolute atomic E-state index is 0.0994. The Bertz CT molecular complexity index is 3970. The van der Waals surface area contributed by atoms with Gasteiger partial charge in [0.05, 0.1) is 28.5 Å². The Kier molecular flexibility index (Phi) is 14.0. The van der Waals surface area contributed by atoms with Crippen molar-refractivity contribution < 1.29 is 0 Å². The standard InChI is InChI=1S/C76H66N4/c1-49-37-50(2)42-63(41-49)57-13-25-67(26-14-57)79(68-27-15-58(16-28-68)64-43-51(3)38-52(4)44-64)71-33-21-61(22-34-71)75-76(78-74-12-10-9-11-73(74)77-75)62-23-35-72(36-24-62)80(69-29-17-59(18-30-69)65-45-53(5)39-54(6)46-65)70-31-19-60(20-32-70)66-47-55(7)40-56(8)48-66/h9-31,33-48,70H,32H2,1-8H3. The fraction of sp³-hybridized carbons (Fsp3) is 0.132. The molecule has 1 aliphatic rings. The Morgan fingerprint density at radius 3 is 0.925 bits per heavy atom. The van der Waals surface area contributed by atoms with Gasteiger partial charge in [-0.1, -0.05) is 208 Å². The molecule has 1 aromatic heterocycles. The summed E-state index contributed by atoms with van der Waals surface area (Å²) in [4.78, 5) is 15.6. The summed E-state index contributed by atoms with van der Waals surface area (Å²) in [6.45, 7) is 17.4. The summed E-state index contributed by atoms with van der Waals surface area (Å²) in [5.74, 6) is 0. The third-order valence-corrected chi connectivity index (χ3v) is 15.4. The average molecular weight is 1040 g/mol. The fourth-order valence-corrected chi connectivity index (χ4v) is 11.9. The molecule has 390 valence electrons. The van der Waals surface area contributed by atoms with Gasteiger partial charge in [-0.3, -0.25) is 0 Å². The number of anilines is 5. The van der Waals surface area contributed by atoms with E-state index in [0.29, 0.717) is 0 Å². The molecule has 0 fully saturated rings. The van der Waals surface area contributed by atoms with Crippen molar-refractivity contribution in [1.29, 1.82) is 0 Å². The van der Waals surface area contributed by atoms with Gasteiger partial charge in [0.25, 0.3) is 0 Å². The van der Waals surface area contributed by atoms with Crippen LogP contribution in [0.4, 0.5) is 28.4 Å². The minimum Gasteiger partial charge on any atom is -0.334 e. The average Bonchev–Trinajstić information content (AvgIpc) is 3.45. The van der Waals surface area contributed by atoms with Crippen LogP contribution in [0.15, 0.2) is 237 Å². The van der Waals surface area contributed by atoms with Gasteiger partial charge in [0.2, 0.25) is 0 Å². The van der Waals surface area contributed by atoms with Crippen molar-refractivity contribution in [3.8, 4) is 55.9 Å². The number of nitrogens with zero attached hydrogens (tertiary/aromatic N) is 4. The van der Waals surface area contributed by atoms with Gasteiger partial charge in [0.1, 0.15) is 0 Å². The summed E-state index contributed by atoms with van der Waals surface area (Å²) in [5, 5.41) is 0. The van der Waals surface area contributed by atoms with E-state index in [1.807, 2.05) is 12.1 Å². The SMILES string of the molecule is Cc1cc(C)cc(C2=CCC(N(c3ccc(-c4cc(C)cc(C)c4)cc3)c3ccc(-c4nc5ccccc5nc4-c4ccc(N(c5ccc(-c6cc(C)cc(C)c6)cc5)c5ccc(-c6cc(C)cc(C)c6)cc5)cc4)cc3)C=C2)c1. The van der Waals surface area contributed by atoms with Crippen LogP contribution in [-0.2, 0) is 0 Å². The highest BCUT2D eigenvalue weighted by atomic mass is 15.2. The van der Waals surface area contributed by atoms with Crippen LogP contribution in [0.1, 0.15) is 56.5 Å². The second kappa shape index (κ2) is 21.8. The quantitative estimate of drug-likeness (QED) is 0.122. The molecule has 80 heavy (non-hydrogen) atoms. The van der Waals surface area contributed by atoms with E-state index in [2.05, 4.69) is 290 Å². The fourth-order valence-electron chi connectivity index (χ4n) is 11.9. The molecule has 0 saturated heterocycles. The molecule has 1 atom stereocenters. The maximum atomic E-state index is 5.38. The molecule has 0 radical (unpaired) electrons. The number of aryl methyl sites for hydroxylation is 8. The zero-order valence-corrected chi connectivity index (χ0v) is 47.1. The van der Waals surface area contributed by atoms with Crippen LogP contribution in [0.25, 0.3) is 72.5 Å². The Morgan fingerprint density at radius 1 is 0.312 bits per heavy atom. The third-order valence-electron chi connectivity index (χ3n) is 15.4. The molecule has 0 aliphatic heterocycles. The van der Waals surface area contributed by atoms with Gasteiger partial charge in [0, 0.05) is 39.6 Å². The molecule has 0 amide bonds. The Morgan fingerprint density at radius 2 is 0.613 bits per heavy atom. The smallest absolute Gasteiger partial charge is 0.0973 e. The van der Waals surface area contributed by atoms with Gasteiger partial charge < -0.3 is 9.80 Å². The lowest BCUT2D eigenvalue weighted by Gasteiger charge is -2.33. The predicted molar refractivity (Wildman–Crippen MR) is 340 cm³/mol. The highest BCUT2D eigenvalue weighted by molar-refractivity contribution is 5.89. The van der Waals surface area contributed by atoms with Crippen molar-refractivity contribution in [2.45, 2.75) is 67.9 Å². The number of aromatic nitrogens is 2. The maximum Gasteiger partial charge on any atom is 0.0973 e. The largest absolute Gasteiger partial charge is 0.334 e. The van der Waals surface area contributed by atoms with Crippen LogP contribution in [0.3, 0.4) is 0 Å². The lowest BCUT2D eigenvalue weighted by Crippen LogP contribution is -2.30. The Hall–Kier alpha value is -9.38. The molecular formula is C76H66N4. The number of para-hydroxylation sites is 2. The van der Waals surface area contributed by atoms with Gasteiger partial charge in [-0.25, -0.2) is 9.97 Å². The molecule has 1 aliphatic carbocycles. The van der Waals surface area contributed by atoms with E-state index >= 15 is 0 Å². The third kappa shape index (κ3) is 10.9. The number of fused-ring (bicyclic) bond motifs is 1. The molecule has 1 unspecified atom stereocenters. The van der Waals surface area contributed by atoms with Crippen molar-refractivity contribution in [2.24, 2.45) is 0 Å². The Balaban J connectivity index is 0.901. The van der Waals surface area contributed by atoms with E-state index in [4.69, 9.17) is 9.97 Å². The molecule has 0 spiro atoms. The molecule has 10 aromatic carbocycles. The van der Waals surface area contributed by atoms with Crippen LogP contribution in [0.5, 0.6) is 0 Å². The van der Waals surface area contributed by atoms with Crippen LogP contribution in [-0.4, -0.2) is 16.0 Å². The number of allylic oxidation sites excluding steroid dienone is 2. The van der Waals surface area contributed by atoms with Gasteiger partial charge in [-0.15, -0.1) is 0 Å². The van der Waals surface area contributed by atoms with Gasteiger partial charge in [0.15, 0.2) is 0 Å². The molecule has 4 heteroatoms. The molecule has 0 saturated carbocycles. The summed E-state index contributed by atoms with van der Waals surface area (Å²) in [7, 11) is 0. The zero-order valence-electron chi connectivity index (χ0n) is 47.1. The predicted octanol–water partition coefficient (Wildman–Crippen LogP) is 20.5. The highest BCUT2D eigenvalue weighted by Gasteiger charge is 2.23. The summed E-state index contributed by atoms with van der Waals surface area (Å²) < 4.78 is 0. The van der Waals surface area contributed by atoms with Crippen molar-refractivity contribution in [3.63, 3.8) is 0 Å². The number of benzene rings is 10. The minimum atomic E-state index is 0.0994. The van der Waals surface area contributed by atoms with Crippen molar-refractivity contribution in [3.05, 3.63) is 287 Å².